The number of benzene rings is 1. The second-order valence-electron chi connectivity index (χ2n) is 4.80. The van der Waals surface area contributed by atoms with Gasteiger partial charge in [-0.2, -0.15) is 0 Å². The highest BCUT2D eigenvalue weighted by Crippen LogP contribution is 2.29. The van der Waals surface area contributed by atoms with E-state index in [0.717, 1.165) is 22.4 Å². The molecule has 0 spiro atoms. The summed E-state index contributed by atoms with van der Waals surface area (Å²) in [4.78, 5) is 8.71. The molecule has 0 aliphatic heterocycles. The minimum atomic E-state index is 0.323. The Kier molecular flexibility index (Phi) is 4.07. The highest BCUT2D eigenvalue weighted by molar-refractivity contribution is 6.42. The van der Waals surface area contributed by atoms with Gasteiger partial charge in [0.15, 0.2) is 0 Å². The zero-order valence-electron chi connectivity index (χ0n) is 11.3. The molecule has 0 unspecified atom stereocenters. The Hall–Kier alpha value is -1.29. The van der Waals surface area contributed by atoms with Gasteiger partial charge in [0, 0.05) is 12.4 Å². The van der Waals surface area contributed by atoms with Crippen LogP contribution in [0.1, 0.15) is 17.0 Å². The van der Waals surface area contributed by atoms with Crippen LogP contribution in [-0.2, 0) is 12.4 Å². The maximum Gasteiger partial charge on any atom is 0.125 e. The highest BCUT2D eigenvalue weighted by Gasteiger charge is 2.13. The second kappa shape index (κ2) is 5.84. The number of aromatic nitrogens is 3. The molecule has 1 aromatic carbocycles. The van der Waals surface area contributed by atoms with Crippen LogP contribution in [0.15, 0.2) is 30.6 Å². The molecular formula is C15H12Cl3N3. The average molecular weight is 341 g/mol. The van der Waals surface area contributed by atoms with Crippen LogP contribution in [-0.4, -0.2) is 14.5 Å². The number of alkyl halides is 1. The number of hydrogen-bond acceptors (Lipinski definition) is 2. The number of hydrogen-bond donors (Lipinski definition) is 0. The van der Waals surface area contributed by atoms with E-state index in [0.29, 0.717) is 22.5 Å². The zero-order chi connectivity index (χ0) is 15.0. The van der Waals surface area contributed by atoms with Crippen molar-refractivity contribution in [2.24, 2.45) is 0 Å². The molecule has 2 heterocycles. The van der Waals surface area contributed by atoms with Gasteiger partial charge in [-0.3, -0.25) is 4.98 Å². The predicted octanol–water partition coefficient (Wildman–Crippen LogP) is 4.83. The summed E-state index contributed by atoms with van der Waals surface area (Å²) in [6.45, 7) is 2.70. The largest absolute Gasteiger partial charge is 0.322 e. The van der Waals surface area contributed by atoms with Crippen molar-refractivity contribution in [3.05, 3.63) is 57.6 Å². The maximum atomic E-state index is 6.13. The lowest BCUT2D eigenvalue weighted by molar-refractivity contribution is 0.771. The number of imidazole rings is 1. The zero-order valence-corrected chi connectivity index (χ0v) is 13.5. The van der Waals surface area contributed by atoms with Gasteiger partial charge in [-0.1, -0.05) is 23.2 Å². The van der Waals surface area contributed by atoms with E-state index in [1.165, 1.54) is 5.56 Å². The van der Waals surface area contributed by atoms with Crippen molar-refractivity contribution in [3.63, 3.8) is 0 Å². The van der Waals surface area contributed by atoms with Crippen molar-refractivity contribution in [3.8, 4) is 0 Å². The van der Waals surface area contributed by atoms with Crippen LogP contribution >= 0.6 is 34.8 Å². The molecule has 3 nitrogen and oxygen atoms in total. The van der Waals surface area contributed by atoms with Gasteiger partial charge in [0.05, 0.1) is 33.5 Å². The first-order valence-electron chi connectivity index (χ1n) is 6.39. The second-order valence-corrected chi connectivity index (χ2v) is 5.89. The van der Waals surface area contributed by atoms with Crippen molar-refractivity contribution >= 4 is 45.8 Å². The molecule has 2 aromatic heterocycles. The number of aryl methyl sites for hydroxylation is 1. The maximum absolute atomic E-state index is 6.13. The lowest BCUT2D eigenvalue weighted by Gasteiger charge is -2.10. The SMILES string of the molecule is Cc1ccncc1Cn1c(CCl)nc2cc(Cl)c(Cl)cc21. The van der Waals surface area contributed by atoms with Crippen LogP contribution in [0, 0.1) is 6.92 Å². The Morgan fingerprint density at radius 1 is 1.19 bits per heavy atom. The summed E-state index contributed by atoms with van der Waals surface area (Å²) in [5.74, 6) is 1.11. The molecule has 0 atom stereocenters. The molecule has 0 bridgehead atoms. The van der Waals surface area contributed by atoms with Crippen LogP contribution in [0.25, 0.3) is 11.0 Å². The van der Waals surface area contributed by atoms with Gasteiger partial charge in [0.2, 0.25) is 0 Å². The van der Waals surface area contributed by atoms with Crippen molar-refractivity contribution < 1.29 is 0 Å². The number of rotatable bonds is 3. The van der Waals surface area contributed by atoms with Crippen LogP contribution < -0.4 is 0 Å². The molecule has 3 rings (SSSR count). The molecule has 0 aliphatic rings. The average Bonchev–Trinajstić information content (AvgIpc) is 2.79. The lowest BCUT2D eigenvalue weighted by Crippen LogP contribution is -2.05. The lowest BCUT2D eigenvalue weighted by atomic mass is 10.1. The first kappa shape index (κ1) is 14.6. The molecule has 0 radical (unpaired) electrons. The van der Waals surface area contributed by atoms with E-state index in [9.17, 15) is 0 Å². The van der Waals surface area contributed by atoms with Crippen molar-refractivity contribution in [1.29, 1.82) is 0 Å². The first-order valence-corrected chi connectivity index (χ1v) is 7.69. The van der Waals surface area contributed by atoms with Gasteiger partial charge >= 0.3 is 0 Å². The molecule has 0 fully saturated rings. The Labute approximate surface area is 137 Å². The summed E-state index contributed by atoms with van der Waals surface area (Å²) >= 11 is 18.2. The molecule has 0 saturated heterocycles. The van der Waals surface area contributed by atoms with E-state index in [1.54, 1.807) is 12.3 Å². The van der Waals surface area contributed by atoms with E-state index in [1.807, 2.05) is 18.3 Å². The smallest absolute Gasteiger partial charge is 0.125 e. The van der Waals surface area contributed by atoms with E-state index in [-0.39, 0.29) is 0 Å². The predicted molar refractivity (Wildman–Crippen MR) is 87.4 cm³/mol. The van der Waals surface area contributed by atoms with E-state index < -0.39 is 0 Å². The molecule has 0 aliphatic carbocycles. The van der Waals surface area contributed by atoms with Gasteiger partial charge in [0.1, 0.15) is 5.82 Å². The van der Waals surface area contributed by atoms with Crippen LogP contribution in [0.3, 0.4) is 0 Å². The highest BCUT2D eigenvalue weighted by atomic mass is 35.5. The Bertz CT molecular complexity index is 811. The minimum Gasteiger partial charge on any atom is -0.322 e. The van der Waals surface area contributed by atoms with Crippen molar-refractivity contribution in [2.75, 3.05) is 0 Å². The normalized spacial score (nSPS) is 11.2. The number of halogens is 3. The summed E-state index contributed by atoms with van der Waals surface area (Å²) in [5, 5.41) is 1.00. The van der Waals surface area contributed by atoms with E-state index >= 15 is 0 Å². The summed E-state index contributed by atoms with van der Waals surface area (Å²) < 4.78 is 2.05. The monoisotopic (exact) mass is 339 g/mol. The molecule has 21 heavy (non-hydrogen) atoms. The van der Waals surface area contributed by atoms with Gasteiger partial charge in [0.25, 0.3) is 0 Å². The van der Waals surface area contributed by atoms with Crippen molar-refractivity contribution in [1.82, 2.24) is 14.5 Å². The third-order valence-electron chi connectivity index (χ3n) is 3.46. The van der Waals surface area contributed by atoms with Crippen LogP contribution in [0.2, 0.25) is 10.0 Å². The molecule has 0 amide bonds. The van der Waals surface area contributed by atoms with Gasteiger partial charge in [-0.25, -0.2) is 4.98 Å². The van der Waals surface area contributed by atoms with Crippen LogP contribution in [0.5, 0.6) is 0 Å². The number of fused-ring (bicyclic) bond motifs is 1. The molecule has 3 aromatic rings. The Morgan fingerprint density at radius 3 is 2.67 bits per heavy atom. The number of nitrogens with zero attached hydrogens (tertiary/aromatic N) is 3. The van der Waals surface area contributed by atoms with Gasteiger partial charge < -0.3 is 4.57 Å². The molecule has 0 N–H and O–H groups in total. The van der Waals surface area contributed by atoms with Gasteiger partial charge in [-0.05, 0) is 36.2 Å². The quantitative estimate of drug-likeness (QED) is 0.639. The molecule has 0 saturated carbocycles. The molecule has 6 heteroatoms. The minimum absolute atomic E-state index is 0.323. The fraction of sp³-hybridized carbons (Fsp3) is 0.200. The Balaban J connectivity index is 2.16. The summed E-state index contributed by atoms with van der Waals surface area (Å²) in [5.41, 5.74) is 4.01. The fourth-order valence-corrected chi connectivity index (χ4v) is 2.80. The third kappa shape index (κ3) is 2.73. The first-order chi connectivity index (χ1) is 10.1. The number of pyridine rings is 1. The summed E-state index contributed by atoms with van der Waals surface area (Å²) in [7, 11) is 0. The van der Waals surface area contributed by atoms with E-state index in [2.05, 4.69) is 21.5 Å². The molecular weight excluding hydrogens is 329 g/mol. The summed E-state index contributed by atoms with van der Waals surface area (Å²) in [6.07, 6.45) is 3.64. The van der Waals surface area contributed by atoms with Gasteiger partial charge in [-0.15, -0.1) is 11.6 Å². The third-order valence-corrected chi connectivity index (χ3v) is 4.43. The topological polar surface area (TPSA) is 30.7 Å². The molecule has 108 valence electrons. The van der Waals surface area contributed by atoms with E-state index in [4.69, 9.17) is 34.8 Å². The van der Waals surface area contributed by atoms with Crippen molar-refractivity contribution in [2.45, 2.75) is 19.3 Å². The summed E-state index contributed by atoms with van der Waals surface area (Å²) in [6, 6.07) is 5.58. The standard InChI is InChI=1S/C15H12Cl3N3/c1-9-2-3-19-7-10(9)8-21-14-5-12(18)11(17)4-13(14)20-15(21)6-16/h2-5,7H,6,8H2,1H3. The fourth-order valence-electron chi connectivity index (χ4n) is 2.28. The van der Waals surface area contributed by atoms with Crippen LogP contribution in [0.4, 0.5) is 0 Å². The Morgan fingerprint density at radius 2 is 1.95 bits per heavy atom.